The van der Waals surface area contributed by atoms with Gasteiger partial charge in [0.05, 0.1) is 26.4 Å². The Labute approximate surface area is 175 Å². The summed E-state index contributed by atoms with van der Waals surface area (Å²) in [4.78, 5) is 4.18. The van der Waals surface area contributed by atoms with Crippen molar-refractivity contribution in [3.63, 3.8) is 0 Å². The van der Waals surface area contributed by atoms with Crippen molar-refractivity contribution in [3.05, 3.63) is 29.8 Å². The molecule has 0 spiro atoms. The summed E-state index contributed by atoms with van der Waals surface area (Å²) in [5.74, 6) is 1.66. The Morgan fingerprint density at radius 1 is 0.962 bits per heavy atom. The summed E-state index contributed by atoms with van der Waals surface area (Å²) in [6.45, 7) is 8.88. The van der Waals surface area contributed by atoms with E-state index < -0.39 is 0 Å². The van der Waals surface area contributed by atoms with Crippen molar-refractivity contribution >= 4 is 29.9 Å². The second kappa shape index (κ2) is 17.4. The van der Waals surface area contributed by atoms with Gasteiger partial charge in [-0.05, 0) is 25.0 Å². The Kier molecular flexibility index (Phi) is 16.7. The first-order valence-electron chi connectivity index (χ1n) is 9.06. The van der Waals surface area contributed by atoms with Crippen LogP contribution >= 0.6 is 24.0 Å². The number of hydrogen-bond acceptors (Lipinski definition) is 4. The van der Waals surface area contributed by atoms with Gasteiger partial charge in [0.2, 0.25) is 0 Å². The second-order valence-corrected chi connectivity index (χ2v) is 5.62. The van der Waals surface area contributed by atoms with E-state index >= 15 is 0 Å². The van der Waals surface area contributed by atoms with E-state index in [1.807, 2.05) is 31.2 Å². The molecule has 0 heterocycles. The lowest BCUT2D eigenvalue weighted by molar-refractivity contribution is 0.0487. The summed E-state index contributed by atoms with van der Waals surface area (Å²) < 4.78 is 16.7. The number of nitrogens with one attached hydrogen (secondary N) is 2. The summed E-state index contributed by atoms with van der Waals surface area (Å²) in [7, 11) is 1.75. The molecular formula is C19H34IN3O3. The van der Waals surface area contributed by atoms with Crippen molar-refractivity contribution in [2.45, 2.75) is 26.7 Å². The average Bonchev–Trinajstić information content (AvgIpc) is 2.63. The molecule has 0 saturated heterocycles. The van der Waals surface area contributed by atoms with Crippen LogP contribution in [0.1, 0.15) is 25.3 Å². The molecule has 0 aliphatic rings. The van der Waals surface area contributed by atoms with E-state index in [1.54, 1.807) is 7.05 Å². The molecule has 0 unspecified atom stereocenters. The minimum atomic E-state index is 0. The molecule has 1 aromatic rings. The topological polar surface area (TPSA) is 64.1 Å². The Hall–Kier alpha value is -1.06. The third kappa shape index (κ3) is 12.3. The van der Waals surface area contributed by atoms with Crippen LogP contribution < -0.4 is 15.4 Å². The number of nitrogens with zero attached hydrogens (tertiary/aromatic N) is 1. The lowest BCUT2D eigenvalue weighted by Gasteiger charge is -2.13. The van der Waals surface area contributed by atoms with Crippen molar-refractivity contribution in [3.8, 4) is 5.75 Å². The number of rotatable bonds is 13. The summed E-state index contributed by atoms with van der Waals surface area (Å²) in [6, 6.07) is 8.00. The fourth-order valence-electron chi connectivity index (χ4n) is 2.08. The van der Waals surface area contributed by atoms with Crippen molar-refractivity contribution in [2.24, 2.45) is 4.99 Å². The van der Waals surface area contributed by atoms with Crippen LogP contribution in [0.2, 0.25) is 0 Å². The molecular weight excluding hydrogens is 445 g/mol. The number of halogens is 1. The summed E-state index contributed by atoms with van der Waals surface area (Å²) in [5, 5.41) is 6.43. The lowest BCUT2D eigenvalue weighted by atomic mass is 10.2. The van der Waals surface area contributed by atoms with Crippen molar-refractivity contribution in [1.29, 1.82) is 0 Å². The predicted molar refractivity (Wildman–Crippen MR) is 118 cm³/mol. The third-order valence-corrected chi connectivity index (χ3v) is 3.52. The minimum Gasteiger partial charge on any atom is -0.491 e. The van der Waals surface area contributed by atoms with Gasteiger partial charge in [-0.2, -0.15) is 0 Å². The van der Waals surface area contributed by atoms with Gasteiger partial charge >= 0.3 is 0 Å². The summed E-state index contributed by atoms with van der Waals surface area (Å²) >= 11 is 0. The lowest BCUT2D eigenvalue weighted by Crippen LogP contribution is -2.40. The smallest absolute Gasteiger partial charge is 0.191 e. The summed E-state index contributed by atoms with van der Waals surface area (Å²) in [5.41, 5.74) is 1.14. The maximum atomic E-state index is 5.75. The van der Waals surface area contributed by atoms with E-state index in [1.165, 1.54) is 0 Å². The average molecular weight is 479 g/mol. The molecule has 0 fully saturated rings. The number of hydrogen-bond donors (Lipinski definition) is 2. The number of unbranched alkanes of at least 4 members (excludes halogenated alkanes) is 1. The molecule has 7 heteroatoms. The number of para-hydroxylation sites is 1. The molecule has 0 amide bonds. The van der Waals surface area contributed by atoms with Gasteiger partial charge < -0.3 is 24.8 Å². The number of guanidine groups is 1. The Bertz CT molecular complexity index is 487. The zero-order valence-corrected chi connectivity index (χ0v) is 18.6. The maximum absolute atomic E-state index is 5.75. The first-order chi connectivity index (χ1) is 12.3. The predicted octanol–water partition coefficient (Wildman–Crippen LogP) is 2.99. The van der Waals surface area contributed by atoms with E-state index in [9.17, 15) is 0 Å². The molecule has 0 aliphatic carbocycles. The SMILES string of the molecule is CCCCOCCOCCNC(=NC)NCCOc1ccccc1C.I. The van der Waals surface area contributed by atoms with Crippen LogP contribution in [0.25, 0.3) is 0 Å². The fourth-order valence-corrected chi connectivity index (χ4v) is 2.08. The van der Waals surface area contributed by atoms with Crippen LogP contribution in [0.5, 0.6) is 5.75 Å². The van der Waals surface area contributed by atoms with Crippen LogP contribution in [-0.2, 0) is 9.47 Å². The van der Waals surface area contributed by atoms with Crippen LogP contribution in [0.15, 0.2) is 29.3 Å². The van der Waals surface area contributed by atoms with Gasteiger partial charge in [-0.3, -0.25) is 4.99 Å². The summed E-state index contributed by atoms with van der Waals surface area (Å²) in [6.07, 6.45) is 2.27. The van der Waals surface area contributed by atoms with E-state index in [2.05, 4.69) is 22.5 Å². The van der Waals surface area contributed by atoms with Gasteiger partial charge in [0.1, 0.15) is 12.4 Å². The molecule has 0 bridgehead atoms. The Morgan fingerprint density at radius 2 is 1.62 bits per heavy atom. The highest BCUT2D eigenvalue weighted by Gasteiger charge is 1.99. The van der Waals surface area contributed by atoms with Crippen molar-refractivity contribution < 1.29 is 14.2 Å². The monoisotopic (exact) mass is 479 g/mol. The van der Waals surface area contributed by atoms with Gasteiger partial charge in [0.15, 0.2) is 5.96 Å². The minimum absolute atomic E-state index is 0. The molecule has 0 aromatic heterocycles. The molecule has 0 radical (unpaired) electrons. The molecule has 26 heavy (non-hydrogen) atoms. The van der Waals surface area contributed by atoms with Crippen LogP contribution in [-0.4, -0.2) is 59.1 Å². The number of aliphatic imine (C=N–C) groups is 1. The standard InChI is InChI=1S/C19H33N3O3.HI/c1-4-5-12-23-15-16-24-13-10-21-19(20-3)22-11-14-25-18-9-7-6-8-17(18)2;/h6-9H,4-5,10-16H2,1-3H3,(H2,20,21,22);1H. The molecule has 0 atom stereocenters. The molecule has 2 N–H and O–H groups in total. The highest BCUT2D eigenvalue weighted by Crippen LogP contribution is 2.15. The number of ether oxygens (including phenoxy) is 3. The second-order valence-electron chi connectivity index (χ2n) is 5.62. The molecule has 1 rings (SSSR count). The van der Waals surface area contributed by atoms with E-state index in [-0.39, 0.29) is 24.0 Å². The molecule has 150 valence electrons. The first kappa shape index (κ1) is 24.9. The molecule has 0 saturated carbocycles. The van der Waals surface area contributed by atoms with E-state index in [0.717, 1.165) is 36.7 Å². The zero-order valence-electron chi connectivity index (χ0n) is 16.3. The van der Waals surface area contributed by atoms with Gasteiger partial charge in [-0.15, -0.1) is 24.0 Å². The molecule has 1 aromatic carbocycles. The van der Waals surface area contributed by atoms with Crippen molar-refractivity contribution in [1.82, 2.24) is 10.6 Å². The quantitative estimate of drug-likeness (QED) is 0.197. The first-order valence-corrected chi connectivity index (χ1v) is 9.06. The van der Waals surface area contributed by atoms with Crippen LogP contribution in [0, 0.1) is 6.92 Å². The Balaban J connectivity index is 0.00000625. The highest BCUT2D eigenvalue weighted by molar-refractivity contribution is 14.0. The maximum Gasteiger partial charge on any atom is 0.191 e. The normalized spacial score (nSPS) is 11.0. The van der Waals surface area contributed by atoms with E-state index in [0.29, 0.717) is 39.5 Å². The third-order valence-electron chi connectivity index (χ3n) is 3.52. The zero-order chi connectivity index (χ0) is 18.2. The van der Waals surface area contributed by atoms with Gasteiger partial charge in [0, 0.05) is 20.2 Å². The molecule has 0 aliphatic heterocycles. The highest BCUT2D eigenvalue weighted by atomic mass is 127. The van der Waals surface area contributed by atoms with Crippen LogP contribution in [0.3, 0.4) is 0 Å². The van der Waals surface area contributed by atoms with Crippen LogP contribution in [0.4, 0.5) is 0 Å². The molecule has 6 nitrogen and oxygen atoms in total. The number of aryl methyl sites for hydroxylation is 1. The van der Waals surface area contributed by atoms with Crippen molar-refractivity contribution in [2.75, 3.05) is 53.2 Å². The largest absolute Gasteiger partial charge is 0.491 e. The van der Waals surface area contributed by atoms with Gasteiger partial charge in [0.25, 0.3) is 0 Å². The fraction of sp³-hybridized carbons (Fsp3) is 0.632. The van der Waals surface area contributed by atoms with Gasteiger partial charge in [-0.25, -0.2) is 0 Å². The number of benzene rings is 1. The van der Waals surface area contributed by atoms with Gasteiger partial charge in [-0.1, -0.05) is 31.5 Å². The Morgan fingerprint density at radius 3 is 2.27 bits per heavy atom. The van der Waals surface area contributed by atoms with E-state index in [4.69, 9.17) is 14.2 Å².